The fourth-order valence-corrected chi connectivity index (χ4v) is 3.18. The number of pyridine rings is 1. The smallest absolute Gasteiger partial charge is 0.270 e. The summed E-state index contributed by atoms with van der Waals surface area (Å²) in [6.07, 6.45) is 5.82. The molecule has 1 aliphatic carbocycles. The number of benzene rings is 1. The van der Waals surface area contributed by atoms with Crippen molar-refractivity contribution in [3.05, 3.63) is 59.4 Å². The van der Waals surface area contributed by atoms with E-state index in [-0.39, 0.29) is 23.6 Å². The number of nitrogens with one attached hydrogen (secondary N) is 2. The number of amides is 2. The minimum absolute atomic E-state index is 0.215. The third-order valence-corrected chi connectivity index (χ3v) is 4.78. The molecule has 26 heavy (non-hydrogen) atoms. The standard InChI is InChI=1S/C21H25N3O2/c1-14(2)15-7-9-18(10-8-15)23-20(25)16-11-12-22-19(13-16)21(26)24-17-5-3-4-6-17/h7-14,17H,3-6H2,1-2H3,(H,23,25)(H,24,26). The lowest BCUT2D eigenvalue weighted by Gasteiger charge is -2.12. The summed E-state index contributed by atoms with van der Waals surface area (Å²) in [6.45, 7) is 4.26. The molecule has 0 bridgehead atoms. The Balaban J connectivity index is 1.66. The number of nitrogens with zero attached hydrogens (tertiary/aromatic N) is 1. The third-order valence-electron chi connectivity index (χ3n) is 4.78. The summed E-state index contributed by atoms with van der Waals surface area (Å²) in [5.41, 5.74) is 2.65. The van der Waals surface area contributed by atoms with Crippen LogP contribution in [0, 0.1) is 0 Å². The van der Waals surface area contributed by atoms with E-state index in [9.17, 15) is 9.59 Å². The van der Waals surface area contributed by atoms with E-state index in [0.717, 1.165) is 31.4 Å². The summed E-state index contributed by atoms with van der Waals surface area (Å²) in [5, 5.41) is 5.86. The molecule has 2 amide bonds. The second kappa shape index (κ2) is 8.13. The van der Waals surface area contributed by atoms with Crippen molar-refractivity contribution in [2.75, 3.05) is 5.32 Å². The van der Waals surface area contributed by atoms with Crippen molar-refractivity contribution in [1.82, 2.24) is 10.3 Å². The molecule has 5 heteroatoms. The number of carbonyl (C=O) groups is 2. The summed E-state index contributed by atoms with van der Waals surface area (Å²) in [5.74, 6) is -0.0201. The van der Waals surface area contributed by atoms with Crippen LogP contribution < -0.4 is 10.6 Å². The first-order valence-electron chi connectivity index (χ1n) is 9.21. The van der Waals surface area contributed by atoms with Gasteiger partial charge in [-0.25, -0.2) is 0 Å². The van der Waals surface area contributed by atoms with Gasteiger partial charge in [0, 0.05) is 23.5 Å². The molecular formula is C21H25N3O2. The number of aromatic nitrogens is 1. The highest BCUT2D eigenvalue weighted by atomic mass is 16.2. The lowest BCUT2D eigenvalue weighted by molar-refractivity contribution is 0.0933. The molecule has 1 aliphatic rings. The van der Waals surface area contributed by atoms with Crippen molar-refractivity contribution in [3.63, 3.8) is 0 Å². The van der Waals surface area contributed by atoms with Crippen LogP contribution in [0.25, 0.3) is 0 Å². The van der Waals surface area contributed by atoms with E-state index in [0.29, 0.717) is 11.5 Å². The summed E-state index contributed by atoms with van der Waals surface area (Å²) < 4.78 is 0. The highest BCUT2D eigenvalue weighted by molar-refractivity contribution is 6.05. The van der Waals surface area contributed by atoms with E-state index in [4.69, 9.17) is 0 Å². The first-order valence-corrected chi connectivity index (χ1v) is 9.21. The quantitative estimate of drug-likeness (QED) is 0.851. The Morgan fingerprint density at radius 1 is 1.04 bits per heavy atom. The van der Waals surface area contributed by atoms with Crippen molar-refractivity contribution in [1.29, 1.82) is 0 Å². The zero-order chi connectivity index (χ0) is 18.5. The summed E-state index contributed by atoms with van der Waals surface area (Å²) >= 11 is 0. The molecule has 0 unspecified atom stereocenters. The van der Waals surface area contributed by atoms with Gasteiger partial charge >= 0.3 is 0 Å². The van der Waals surface area contributed by atoms with Crippen LogP contribution >= 0.6 is 0 Å². The number of hydrogen-bond acceptors (Lipinski definition) is 3. The average Bonchev–Trinajstić information content (AvgIpc) is 3.15. The van der Waals surface area contributed by atoms with Crippen LogP contribution in [0.2, 0.25) is 0 Å². The SMILES string of the molecule is CC(C)c1ccc(NC(=O)c2ccnc(C(=O)NC3CCCC3)c2)cc1. The fourth-order valence-electron chi connectivity index (χ4n) is 3.18. The Bertz CT molecular complexity index is 778. The van der Waals surface area contributed by atoms with Crippen LogP contribution in [0.1, 0.15) is 71.9 Å². The van der Waals surface area contributed by atoms with Gasteiger partial charge in [-0.1, -0.05) is 38.8 Å². The van der Waals surface area contributed by atoms with Crippen LogP contribution in [0.5, 0.6) is 0 Å². The molecule has 0 saturated heterocycles. The minimum atomic E-state index is -0.250. The van der Waals surface area contributed by atoms with Crippen LogP contribution in [0.4, 0.5) is 5.69 Å². The Labute approximate surface area is 154 Å². The van der Waals surface area contributed by atoms with E-state index in [1.807, 2.05) is 24.3 Å². The molecule has 3 rings (SSSR count). The molecule has 1 fully saturated rings. The van der Waals surface area contributed by atoms with Crippen molar-refractivity contribution in [3.8, 4) is 0 Å². The van der Waals surface area contributed by atoms with Gasteiger partial charge in [-0.2, -0.15) is 0 Å². The second-order valence-electron chi connectivity index (χ2n) is 7.12. The number of anilines is 1. The van der Waals surface area contributed by atoms with Gasteiger partial charge in [0.15, 0.2) is 0 Å². The molecule has 0 radical (unpaired) electrons. The van der Waals surface area contributed by atoms with Gasteiger partial charge in [0.1, 0.15) is 5.69 Å². The molecule has 0 spiro atoms. The first kappa shape index (κ1) is 18.1. The van der Waals surface area contributed by atoms with Gasteiger partial charge in [0.05, 0.1) is 0 Å². The Morgan fingerprint density at radius 2 is 1.73 bits per heavy atom. The monoisotopic (exact) mass is 351 g/mol. The molecule has 0 aliphatic heterocycles. The largest absolute Gasteiger partial charge is 0.348 e. The first-order chi connectivity index (χ1) is 12.5. The second-order valence-corrected chi connectivity index (χ2v) is 7.12. The maximum Gasteiger partial charge on any atom is 0.270 e. The molecule has 1 aromatic heterocycles. The lowest BCUT2D eigenvalue weighted by Crippen LogP contribution is -2.33. The summed E-state index contributed by atoms with van der Waals surface area (Å²) in [7, 11) is 0. The molecule has 1 heterocycles. The maximum absolute atomic E-state index is 12.5. The minimum Gasteiger partial charge on any atom is -0.348 e. The third kappa shape index (κ3) is 4.48. The van der Waals surface area contributed by atoms with Crippen molar-refractivity contribution in [2.45, 2.75) is 51.5 Å². The topological polar surface area (TPSA) is 71.1 Å². The zero-order valence-corrected chi connectivity index (χ0v) is 15.3. The molecule has 136 valence electrons. The molecule has 2 aromatic rings. The normalized spacial score (nSPS) is 14.4. The van der Waals surface area contributed by atoms with Crippen LogP contribution in [-0.4, -0.2) is 22.8 Å². The van der Waals surface area contributed by atoms with Gasteiger partial charge < -0.3 is 10.6 Å². The Hall–Kier alpha value is -2.69. The Morgan fingerprint density at radius 3 is 2.38 bits per heavy atom. The predicted octanol–water partition coefficient (Wildman–Crippen LogP) is 4.13. The summed E-state index contributed by atoms with van der Waals surface area (Å²) in [4.78, 5) is 28.9. The van der Waals surface area contributed by atoms with E-state index in [1.54, 1.807) is 12.1 Å². The van der Waals surface area contributed by atoms with Gasteiger partial charge in [-0.05, 0) is 48.6 Å². The summed E-state index contributed by atoms with van der Waals surface area (Å²) in [6, 6.07) is 11.2. The Kier molecular flexibility index (Phi) is 5.66. The van der Waals surface area contributed by atoms with E-state index < -0.39 is 0 Å². The van der Waals surface area contributed by atoms with Gasteiger partial charge in [-0.15, -0.1) is 0 Å². The number of hydrogen-bond donors (Lipinski definition) is 2. The van der Waals surface area contributed by atoms with Crippen molar-refractivity contribution in [2.24, 2.45) is 0 Å². The van der Waals surface area contributed by atoms with Crippen molar-refractivity contribution >= 4 is 17.5 Å². The van der Waals surface area contributed by atoms with E-state index in [1.165, 1.54) is 11.8 Å². The molecule has 1 aromatic carbocycles. The van der Waals surface area contributed by atoms with Crippen molar-refractivity contribution < 1.29 is 9.59 Å². The van der Waals surface area contributed by atoms with Gasteiger partial charge in [0.2, 0.25) is 0 Å². The van der Waals surface area contributed by atoms with Crippen LogP contribution in [-0.2, 0) is 0 Å². The predicted molar refractivity (Wildman–Crippen MR) is 102 cm³/mol. The molecule has 5 nitrogen and oxygen atoms in total. The fraction of sp³-hybridized carbons (Fsp3) is 0.381. The zero-order valence-electron chi connectivity index (χ0n) is 15.3. The molecular weight excluding hydrogens is 326 g/mol. The molecule has 2 N–H and O–H groups in total. The van der Waals surface area contributed by atoms with Crippen LogP contribution in [0.15, 0.2) is 42.6 Å². The molecule has 1 saturated carbocycles. The van der Waals surface area contributed by atoms with E-state index >= 15 is 0 Å². The highest BCUT2D eigenvalue weighted by Crippen LogP contribution is 2.19. The lowest BCUT2D eigenvalue weighted by atomic mass is 10.0. The van der Waals surface area contributed by atoms with Gasteiger partial charge in [0.25, 0.3) is 11.8 Å². The van der Waals surface area contributed by atoms with E-state index in [2.05, 4.69) is 29.5 Å². The maximum atomic E-state index is 12.5. The number of rotatable bonds is 5. The van der Waals surface area contributed by atoms with Crippen LogP contribution in [0.3, 0.4) is 0 Å². The number of carbonyl (C=O) groups excluding carboxylic acids is 2. The van der Waals surface area contributed by atoms with Gasteiger partial charge in [-0.3, -0.25) is 14.6 Å². The molecule has 0 atom stereocenters. The average molecular weight is 351 g/mol. The highest BCUT2D eigenvalue weighted by Gasteiger charge is 2.19.